The van der Waals surface area contributed by atoms with Gasteiger partial charge in [0.25, 0.3) is 0 Å². The number of benzene rings is 2. The average Bonchev–Trinajstić information content (AvgIpc) is 2.59. The summed E-state index contributed by atoms with van der Waals surface area (Å²) in [5.41, 5.74) is 0.964. The first-order valence-corrected chi connectivity index (χ1v) is 10.7. The van der Waals surface area contributed by atoms with Crippen LogP contribution in [0.1, 0.15) is 12.8 Å². The molecule has 0 heterocycles. The van der Waals surface area contributed by atoms with Gasteiger partial charge < -0.3 is 10.1 Å². The highest BCUT2D eigenvalue weighted by Crippen LogP contribution is 2.28. The predicted molar refractivity (Wildman–Crippen MR) is 110 cm³/mol. The van der Waals surface area contributed by atoms with Crippen LogP contribution < -0.4 is 14.4 Å². The van der Waals surface area contributed by atoms with Crippen LogP contribution in [0.5, 0.6) is 5.75 Å². The van der Waals surface area contributed by atoms with Crippen molar-refractivity contribution in [2.24, 2.45) is 0 Å². The Balaban J connectivity index is 1.99. The zero-order valence-corrected chi connectivity index (χ0v) is 17.2. The molecular formula is C18H20Cl2N2O4S. The summed E-state index contributed by atoms with van der Waals surface area (Å²) < 4.78 is 30.6. The second-order valence-corrected chi connectivity index (χ2v) is 8.59. The molecule has 2 rings (SSSR count). The molecule has 2 aromatic rings. The number of hydrogen-bond donors (Lipinski definition) is 1. The zero-order chi connectivity index (χ0) is 20.0. The molecule has 0 atom stereocenters. The summed E-state index contributed by atoms with van der Waals surface area (Å²) >= 11 is 11.8. The molecule has 0 saturated heterocycles. The second kappa shape index (κ2) is 9.30. The minimum atomic E-state index is -3.48. The van der Waals surface area contributed by atoms with Gasteiger partial charge in [-0.05, 0) is 48.9 Å². The van der Waals surface area contributed by atoms with Crippen molar-refractivity contribution in [2.45, 2.75) is 12.8 Å². The average molecular weight is 431 g/mol. The molecule has 146 valence electrons. The lowest BCUT2D eigenvalue weighted by Gasteiger charge is -2.22. The SMILES string of the molecule is COc1ccc(Cl)cc1NC(=O)CCCN(c1ccc(Cl)cc1)S(C)(=O)=O. The predicted octanol–water partition coefficient (Wildman–Crippen LogP) is 4.19. The van der Waals surface area contributed by atoms with Gasteiger partial charge in [-0.1, -0.05) is 23.2 Å². The Labute approximate surface area is 169 Å². The fourth-order valence-electron chi connectivity index (χ4n) is 2.47. The number of anilines is 2. The van der Waals surface area contributed by atoms with Crippen LogP contribution in [0, 0.1) is 0 Å². The van der Waals surface area contributed by atoms with Crippen molar-refractivity contribution in [1.29, 1.82) is 0 Å². The first kappa shape index (κ1) is 21.3. The van der Waals surface area contributed by atoms with Gasteiger partial charge in [-0.3, -0.25) is 9.10 Å². The van der Waals surface area contributed by atoms with E-state index in [0.29, 0.717) is 33.6 Å². The van der Waals surface area contributed by atoms with E-state index in [0.717, 1.165) is 6.26 Å². The number of hydrogen-bond acceptors (Lipinski definition) is 4. The van der Waals surface area contributed by atoms with E-state index in [1.165, 1.54) is 11.4 Å². The summed E-state index contributed by atoms with van der Waals surface area (Å²) in [6, 6.07) is 11.4. The third kappa shape index (κ3) is 6.30. The molecule has 6 nitrogen and oxygen atoms in total. The number of sulfonamides is 1. The molecule has 9 heteroatoms. The van der Waals surface area contributed by atoms with E-state index in [9.17, 15) is 13.2 Å². The number of methoxy groups -OCH3 is 1. The molecule has 0 aliphatic heterocycles. The van der Waals surface area contributed by atoms with Gasteiger partial charge in [0, 0.05) is 23.0 Å². The number of carbonyl (C=O) groups excluding carboxylic acids is 1. The van der Waals surface area contributed by atoms with Crippen molar-refractivity contribution in [1.82, 2.24) is 0 Å². The Morgan fingerprint density at radius 1 is 1.11 bits per heavy atom. The van der Waals surface area contributed by atoms with Crippen LogP contribution in [0.4, 0.5) is 11.4 Å². The molecular weight excluding hydrogens is 411 g/mol. The second-order valence-electron chi connectivity index (χ2n) is 5.81. The summed E-state index contributed by atoms with van der Waals surface area (Å²) in [4.78, 5) is 12.2. The molecule has 0 saturated carbocycles. The fourth-order valence-corrected chi connectivity index (χ4v) is 3.73. The largest absolute Gasteiger partial charge is 0.495 e. The van der Waals surface area contributed by atoms with Crippen LogP contribution in [0.2, 0.25) is 10.0 Å². The molecule has 2 aromatic carbocycles. The van der Waals surface area contributed by atoms with Crippen molar-refractivity contribution in [3.05, 3.63) is 52.5 Å². The molecule has 1 amide bonds. The fraction of sp³-hybridized carbons (Fsp3) is 0.278. The number of ether oxygens (including phenoxy) is 1. The van der Waals surface area contributed by atoms with Gasteiger partial charge in [0.1, 0.15) is 5.75 Å². The lowest BCUT2D eigenvalue weighted by Crippen LogP contribution is -2.31. The van der Waals surface area contributed by atoms with Crippen molar-refractivity contribution in [3.63, 3.8) is 0 Å². The summed E-state index contributed by atoms with van der Waals surface area (Å²) in [6.45, 7) is 0.167. The Morgan fingerprint density at radius 2 is 1.74 bits per heavy atom. The van der Waals surface area contributed by atoms with Gasteiger partial charge in [0.05, 0.1) is 24.7 Å². The minimum Gasteiger partial charge on any atom is -0.495 e. The number of nitrogens with zero attached hydrogens (tertiary/aromatic N) is 1. The van der Waals surface area contributed by atoms with E-state index in [1.807, 2.05) is 0 Å². The van der Waals surface area contributed by atoms with Crippen LogP contribution in [-0.2, 0) is 14.8 Å². The lowest BCUT2D eigenvalue weighted by molar-refractivity contribution is -0.116. The minimum absolute atomic E-state index is 0.134. The van der Waals surface area contributed by atoms with E-state index in [1.54, 1.807) is 42.5 Å². The van der Waals surface area contributed by atoms with Gasteiger partial charge in [-0.25, -0.2) is 8.42 Å². The van der Waals surface area contributed by atoms with E-state index in [-0.39, 0.29) is 18.9 Å². The van der Waals surface area contributed by atoms with Crippen molar-refractivity contribution >= 4 is 50.5 Å². The monoisotopic (exact) mass is 430 g/mol. The normalized spacial score (nSPS) is 11.1. The maximum atomic E-state index is 12.2. The van der Waals surface area contributed by atoms with Crippen LogP contribution in [0.25, 0.3) is 0 Å². The number of amides is 1. The highest BCUT2D eigenvalue weighted by atomic mass is 35.5. The smallest absolute Gasteiger partial charge is 0.232 e. The molecule has 0 aromatic heterocycles. The highest BCUT2D eigenvalue weighted by Gasteiger charge is 2.18. The zero-order valence-electron chi connectivity index (χ0n) is 14.9. The van der Waals surface area contributed by atoms with Crippen LogP contribution in [0.15, 0.2) is 42.5 Å². The Hall–Kier alpha value is -1.96. The molecule has 0 fully saturated rings. The number of rotatable bonds is 8. The standard InChI is InChI=1S/C18H20Cl2N2O4S/c1-26-17-10-7-14(20)12-16(17)21-18(23)4-3-11-22(27(2,24)25)15-8-5-13(19)6-9-15/h5-10,12H,3-4,11H2,1-2H3,(H,21,23). The van der Waals surface area contributed by atoms with E-state index >= 15 is 0 Å². The molecule has 1 N–H and O–H groups in total. The third-order valence-corrected chi connectivity index (χ3v) is 5.40. The molecule has 0 radical (unpaired) electrons. The Kier molecular flexibility index (Phi) is 7.35. The quantitative estimate of drug-likeness (QED) is 0.680. The molecule has 0 aliphatic carbocycles. The van der Waals surface area contributed by atoms with E-state index in [4.69, 9.17) is 27.9 Å². The summed E-state index contributed by atoms with van der Waals surface area (Å²) in [5.74, 6) is 0.229. The summed E-state index contributed by atoms with van der Waals surface area (Å²) in [6.07, 6.45) is 1.60. The topological polar surface area (TPSA) is 75.7 Å². The maximum absolute atomic E-state index is 12.2. The van der Waals surface area contributed by atoms with E-state index in [2.05, 4.69) is 5.32 Å². The molecule has 27 heavy (non-hydrogen) atoms. The maximum Gasteiger partial charge on any atom is 0.232 e. The van der Waals surface area contributed by atoms with Gasteiger partial charge in [0.2, 0.25) is 15.9 Å². The Morgan fingerprint density at radius 3 is 2.33 bits per heavy atom. The lowest BCUT2D eigenvalue weighted by atomic mass is 10.2. The van der Waals surface area contributed by atoms with Crippen molar-refractivity contribution in [2.75, 3.05) is 29.5 Å². The first-order chi connectivity index (χ1) is 12.7. The third-order valence-electron chi connectivity index (χ3n) is 3.72. The highest BCUT2D eigenvalue weighted by molar-refractivity contribution is 7.92. The van der Waals surface area contributed by atoms with E-state index < -0.39 is 10.0 Å². The van der Waals surface area contributed by atoms with Crippen LogP contribution in [-0.4, -0.2) is 34.2 Å². The first-order valence-electron chi connectivity index (χ1n) is 8.07. The Bertz CT molecular complexity index is 902. The molecule has 0 unspecified atom stereocenters. The van der Waals surface area contributed by atoms with Crippen molar-refractivity contribution in [3.8, 4) is 5.75 Å². The van der Waals surface area contributed by atoms with Crippen molar-refractivity contribution < 1.29 is 17.9 Å². The van der Waals surface area contributed by atoms with Gasteiger partial charge >= 0.3 is 0 Å². The number of halogens is 2. The molecule has 0 spiro atoms. The molecule has 0 aliphatic rings. The number of nitrogens with one attached hydrogen (secondary N) is 1. The number of carbonyl (C=O) groups is 1. The van der Waals surface area contributed by atoms with Gasteiger partial charge in [-0.15, -0.1) is 0 Å². The van der Waals surface area contributed by atoms with Gasteiger partial charge in [0.15, 0.2) is 0 Å². The summed E-state index contributed by atoms with van der Waals surface area (Å²) in [5, 5.41) is 3.71. The van der Waals surface area contributed by atoms with Crippen LogP contribution >= 0.6 is 23.2 Å². The summed E-state index contributed by atoms with van der Waals surface area (Å²) in [7, 11) is -1.99. The van der Waals surface area contributed by atoms with Gasteiger partial charge in [-0.2, -0.15) is 0 Å². The van der Waals surface area contributed by atoms with Crippen LogP contribution in [0.3, 0.4) is 0 Å². The molecule has 0 bridgehead atoms.